The minimum Gasteiger partial charge on any atom is -0.546 e. The third kappa shape index (κ3) is 6.72. The summed E-state index contributed by atoms with van der Waals surface area (Å²) < 4.78 is 57.9. The summed E-state index contributed by atoms with van der Waals surface area (Å²) in [7, 11) is -2.48. The molecule has 264 valence electrons. The molecule has 1 unspecified atom stereocenters. The van der Waals surface area contributed by atoms with E-state index in [0.29, 0.717) is 5.76 Å². The van der Waals surface area contributed by atoms with Gasteiger partial charge in [0.1, 0.15) is 17.6 Å². The van der Waals surface area contributed by atoms with Crippen molar-refractivity contribution in [2.24, 2.45) is 0 Å². The van der Waals surface area contributed by atoms with Crippen molar-refractivity contribution in [3.63, 3.8) is 0 Å². The molecule has 0 saturated carbocycles. The molecule has 5 atom stereocenters. The molecule has 1 heterocycles. The van der Waals surface area contributed by atoms with Crippen LogP contribution in [0.3, 0.4) is 0 Å². The smallest absolute Gasteiger partial charge is 0.471 e. The molecule has 1 fully saturated rings. The maximum absolute atomic E-state index is 13.7. The Balaban J connectivity index is 1.60. The van der Waals surface area contributed by atoms with Crippen molar-refractivity contribution in [3.05, 3.63) is 69.5 Å². The lowest BCUT2D eigenvalue weighted by Crippen LogP contribution is -2.58. The van der Waals surface area contributed by atoms with E-state index in [-0.39, 0.29) is 57.7 Å². The zero-order valence-electron chi connectivity index (χ0n) is 28.3. The summed E-state index contributed by atoms with van der Waals surface area (Å²) in [6, 6.07) is 4.84. The van der Waals surface area contributed by atoms with E-state index in [4.69, 9.17) is 13.9 Å². The lowest BCUT2D eigenvalue weighted by Gasteiger charge is -2.42. The van der Waals surface area contributed by atoms with E-state index in [0.717, 1.165) is 6.92 Å². The number of ketones is 2. The van der Waals surface area contributed by atoms with Crippen molar-refractivity contribution in [1.82, 2.24) is 5.32 Å². The molecule has 49 heavy (non-hydrogen) atoms. The second-order valence-electron chi connectivity index (χ2n) is 14.4. The van der Waals surface area contributed by atoms with Crippen molar-refractivity contribution in [2.75, 3.05) is 0 Å². The number of esters is 1. The first-order chi connectivity index (χ1) is 22.6. The van der Waals surface area contributed by atoms with Gasteiger partial charge in [0.15, 0.2) is 11.6 Å². The number of aromatic hydroxyl groups is 2. The van der Waals surface area contributed by atoms with Gasteiger partial charge in [-0.05, 0) is 44.0 Å². The summed E-state index contributed by atoms with van der Waals surface area (Å²) in [6.45, 7) is 12.8. The predicted molar refractivity (Wildman–Crippen MR) is 173 cm³/mol. The first-order valence-electron chi connectivity index (χ1n) is 16.0. The number of ether oxygens (including phenoxy) is 2. The summed E-state index contributed by atoms with van der Waals surface area (Å²) in [5.74, 6) is -5.56. The molecule has 1 amide bonds. The number of amides is 1. The summed E-state index contributed by atoms with van der Waals surface area (Å²) >= 11 is 0. The van der Waals surface area contributed by atoms with Crippen LogP contribution in [0, 0.1) is 0 Å². The molecule has 2 aliphatic carbocycles. The van der Waals surface area contributed by atoms with Crippen molar-refractivity contribution in [1.29, 1.82) is 0 Å². The van der Waals surface area contributed by atoms with Gasteiger partial charge in [-0.15, -0.1) is 0 Å². The zero-order valence-corrected chi connectivity index (χ0v) is 29.3. The standard InChI is InChI=1S/C35H40F3NO9Si/c1-16-32(47-17(2)40)24(39-33(45)35(36,37)38)15-19(46-16)12-18-13-20(48-49(6,7)34(3,4)5)14-23-25(18)31(44)27-26(30(23)43)28(41)21-10-8-9-11-22(21)29(27)42/h8-11,13,16,18-19,24,32,43-44H,12,14-15H2,1-7H3,(H,39,45)/t16-,18?,19-,24-,32+/m0/s1. The SMILES string of the molecule is CC(=O)O[C@H]1[C@@H](NC(=O)C(F)(F)F)C[C@H](CC2C=C(O[Si](C)(C)C(C)(C)C)Cc3c(O)c4c(c(O)c32)C(=O)c2ccccc2C4=O)O[C@H]1C. The number of phenolic OH excluding ortho intramolecular Hbond substituents is 2. The lowest BCUT2D eigenvalue weighted by atomic mass is 9.75. The fraction of sp³-hybridized carbons (Fsp3) is 0.486. The maximum atomic E-state index is 13.7. The Hall–Kier alpha value is -4.17. The van der Waals surface area contributed by atoms with E-state index in [1.807, 2.05) is 39.2 Å². The number of halogens is 3. The summed E-state index contributed by atoms with van der Waals surface area (Å²) in [5.41, 5.74) is -0.141. The van der Waals surface area contributed by atoms with Gasteiger partial charge < -0.3 is 29.4 Å². The van der Waals surface area contributed by atoms with Crippen LogP contribution in [0.5, 0.6) is 11.5 Å². The number of benzene rings is 2. The van der Waals surface area contributed by atoms with Crippen LogP contribution >= 0.6 is 0 Å². The molecule has 10 nitrogen and oxygen atoms in total. The highest BCUT2D eigenvalue weighted by Crippen LogP contribution is 2.51. The molecule has 0 aromatic heterocycles. The third-order valence-electron chi connectivity index (χ3n) is 9.94. The monoisotopic (exact) mass is 703 g/mol. The number of hydrogen-bond donors (Lipinski definition) is 3. The van der Waals surface area contributed by atoms with Crippen molar-refractivity contribution < 1.29 is 56.5 Å². The van der Waals surface area contributed by atoms with Gasteiger partial charge in [-0.2, -0.15) is 13.2 Å². The van der Waals surface area contributed by atoms with E-state index in [9.17, 15) is 42.6 Å². The Morgan fingerprint density at radius 2 is 1.59 bits per heavy atom. The second-order valence-corrected chi connectivity index (χ2v) is 19.1. The predicted octanol–water partition coefficient (Wildman–Crippen LogP) is 5.96. The highest BCUT2D eigenvalue weighted by Gasteiger charge is 2.47. The maximum Gasteiger partial charge on any atom is 0.471 e. The van der Waals surface area contributed by atoms with Crippen LogP contribution in [0.1, 0.15) is 96.3 Å². The van der Waals surface area contributed by atoms with Gasteiger partial charge >= 0.3 is 18.1 Å². The van der Waals surface area contributed by atoms with Crippen LogP contribution in [0.15, 0.2) is 36.1 Å². The van der Waals surface area contributed by atoms with Gasteiger partial charge in [-0.25, -0.2) is 0 Å². The lowest BCUT2D eigenvalue weighted by molar-refractivity contribution is -0.186. The molecule has 0 spiro atoms. The van der Waals surface area contributed by atoms with Crippen LogP contribution in [0.2, 0.25) is 18.1 Å². The molecular weight excluding hydrogens is 663 g/mol. The molecule has 3 N–H and O–H groups in total. The largest absolute Gasteiger partial charge is 0.546 e. The first kappa shape index (κ1) is 36.1. The van der Waals surface area contributed by atoms with Gasteiger partial charge in [0.2, 0.25) is 8.32 Å². The number of phenols is 2. The second kappa shape index (κ2) is 12.6. The van der Waals surface area contributed by atoms with Crippen molar-refractivity contribution >= 4 is 31.8 Å². The van der Waals surface area contributed by atoms with E-state index in [1.165, 1.54) is 19.1 Å². The minimum atomic E-state index is -5.19. The normalized spacial score (nSPS) is 23.9. The Kier molecular flexibility index (Phi) is 9.30. The van der Waals surface area contributed by atoms with E-state index in [1.54, 1.807) is 18.2 Å². The molecule has 0 radical (unpaired) electrons. The average molecular weight is 704 g/mol. The average Bonchev–Trinajstić information content (AvgIpc) is 2.98. The Morgan fingerprint density at radius 1 is 1.02 bits per heavy atom. The van der Waals surface area contributed by atoms with Crippen LogP contribution in [0.4, 0.5) is 13.2 Å². The molecule has 1 aliphatic heterocycles. The molecule has 1 saturated heterocycles. The summed E-state index contributed by atoms with van der Waals surface area (Å²) in [4.78, 5) is 51.2. The molecule has 0 bridgehead atoms. The Morgan fingerprint density at radius 3 is 2.12 bits per heavy atom. The molecular formula is C35H40F3NO9Si. The van der Waals surface area contributed by atoms with Crippen molar-refractivity contribution in [2.45, 2.75) is 108 Å². The molecule has 2 aromatic rings. The summed E-state index contributed by atoms with van der Waals surface area (Å²) in [5, 5.41) is 25.2. The number of carbonyl (C=O) groups excluding carboxylic acids is 4. The summed E-state index contributed by atoms with van der Waals surface area (Å²) in [6.07, 6.45) is -6.69. The highest BCUT2D eigenvalue weighted by atomic mass is 28.4. The number of nitrogens with one attached hydrogen (secondary N) is 1. The van der Waals surface area contributed by atoms with E-state index in [2.05, 4.69) is 0 Å². The van der Waals surface area contributed by atoms with Crippen LogP contribution < -0.4 is 5.32 Å². The number of fused-ring (bicyclic) bond motifs is 3. The van der Waals surface area contributed by atoms with E-state index >= 15 is 0 Å². The minimum absolute atomic E-state index is 0.00259. The number of alkyl halides is 3. The number of rotatable bonds is 6. The molecule has 3 aliphatic rings. The molecule has 14 heteroatoms. The van der Waals surface area contributed by atoms with Crippen molar-refractivity contribution in [3.8, 4) is 11.5 Å². The highest BCUT2D eigenvalue weighted by molar-refractivity contribution is 6.74. The van der Waals surface area contributed by atoms with Crippen LogP contribution in [0.25, 0.3) is 0 Å². The number of hydrogen-bond acceptors (Lipinski definition) is 9. The third-order valence-corrected chi connectivity index (χ3v) is 14.3. The quantitative estimate of drug-likeness (QED) is 0.161. The van der Waals surface area contributed by atoms with Gasteiger partial charge in [-0.1, -0.05) is 45.0 Å². The van der Waals surface area contributed by atoms with Gasteiger partial charge in [0, 0.05) is 41.5 Å². The van der Waals surface area contributed by atoms with Crippen LogP contribution in [-0.2, 0) is 29.9 Å². The van der Waals surface area contributed by atoms with Gasteiger partial charge in [-0.3, -0.25) is 19.2 Å². The number of carbonyl (C=O) groups is 4. The topological polar surface area (TPSA) is 148 Å². The number of allylic oxidation sites excluding steroid dienone is 2. The van der Waals surface area contributed by atoms with Crippen LogP contribution in [-0.4, -0.2) is 72.5 Å². The molecule has 2 aromatic carbocycles. The fourth-order valence-corrected chi connectivity index (χ4v) is 7.72. The Labute approximate surface area is 282 Å². The van der Waals surface area contributed by atoms with Gasteiger partial charge in [0.25, 0.3) is 0 Å². The zero-order chi connectivity index (χ0) is 36.4. The Bertz CT molecular complexity index is 1760. The fourth-order valence-electron chi connectivity index (χ4n) is 6.62. The van der Waals surface area contributed by atoms with E-state index < -0.39 is 79.7 Å². The first-order valence-corrected chi connectivity index (χ1v) is 18.9. The van der Waals surface area contributed by atoms with Gasteiger partial charge in [0.05, 0.1) is 35.1 Å². The molecule has 5 rings (SSSR count).